The molecule has 0 radical (unpaired) electrons. The van der Waals surface area contributed by atoms with Crippen LogP contribution in [0, 0.1) is 11.3 Å². The zero-order valence-corrected chi connectivity index (χ0v) is 9.76. The SMILES string of the molecule is N#Cc1ccc2c(c1)ncn2C1CCCCC1. The third-order valence-electron chi connectivity index (χ3n) is 3.67. The third kappa shape index (κ3) is 1.80. The van der Waals surface area contributed by atoms with E-state index >= 15 is 0 Å². The summed E-state index contributed by atoms with van der Waals surface area (Å²) in [6.07, 6.45) is 8.45. The van der Waals surface area contributed by atoms with Gasteiger partial charge in [-0.1, -0.05) is 19.3 Å². The van der Waals surface area contributed by atoms with Crippen LogP contribution in [0.2, 0.25) is 0 Å². The monoisotopic (exact) mass is 225 g/mol. The highest BCUT2D eigenvalue weighted by Crippen LogP contribution is 2.30. The Labute approximate surface area is 101 Å². The van der Waals surface area contributed by atoms with Crippen LogP contribution in [0.25, 0.3) is 11.0 Å². The average Bonchev–Trinajstić information content (AvgIpc) is 2.82. The summed E-state index contributed by atoms with van der Waals surface area (Å²) in [4.78, 5) is 4.41. The second-order valence-electron chi connectivity index (χ2n) is 4.76. The van der Waals surface area contributed by atoms with Gasteiger partial charge in [-0.3, -0.25) is 0 Å². The largest absolute Gasteiger partial charge is 0.327 e. The van der Waals surface area contributed by atoms with Gasteiger partial charge >= 0.3 is 0 Å². The van der Waals surface area contributed by atoms with Crippen molar-refractivity contribution in [1.82, 2.24) is 9.55 Å². The zero-order chi connectivity index (χ0) is 11.7. The molecule has 17 heavy (non-hydrogen) atoms. The van der Waals surface area contributed by atoms with Gasteiger partial charge in [0.25, 0.3) is 0 Å². The number of hydrogen-bond donors (Lipinski definition) is 0. The molecule has 1 aliphatic carbocycles. The van der Waals surface area contributed by atoms with Gasteiger partial charge in [0.05, 0.1) is 29.0 Å². The second-order valence-corrected chi connectivity index (χ2v) is 4.76. The van der Waals surface area contributed by atoms with Gasteiger partial charge in [-0.2, -0.15) is 5.26 Å². The molecule has 1 aromatic heterocycles. The second kappa shape index (κ2) is 4.21. The predicted octanol–water partition coefficient (Wildman–Crippen LogP) is 3.41. The predicted molar refractivity (Wildman–Crippen MR) is 66.6 cm³/mol. The van der Waals surface area contributed by atoms with E-state index in [0.29, 0.717) is 11.6 Å². The molecule has 2 aromatic rings. The minimum absolute atomic E-state index is 0.599. The molecular weight excluding hydrogens is 210 g/mol. The maximum absolute atomic E-state index is 8.87. The van der Waals surface area contributed by atoms with E-state index in [1.165, 1.54) is 32.1 Å². The van der Waals surface area contributed by atoms with E-state index in [0.717, 1.165) is 11.0 Å². The molecule has 3 heteroatoms. The summed E-state index contributed by atoms with van der Waals surface area (Å²) in [5.41, 5.74) is 2.79. The number of rotatable bonds is 1. The van der Waals surface area contributed by atoms with Gasteiger partial charge in [-0.15, -0.1) is 0 Å². The number of benzene rings is 1. The fourth-order valence-corrected chi connectivity index (χ4v) is 2.75. The number of nitrogens with zero attached hydrogens (tertiary/aromatic N) is 3. The molecule has 1 fully saturated rings. The lowest BCUT2D eigenvalue weighted by Gasteiger charge is -2.23. The van der Waals surface area contributed by atoms with E-state index in [9.17, 15) is 0 Å². The van der Waals surface area contributed by atoms with Crippen LogP contribution in [-0.2, 0) is 0 Å². The van der Waals surface area contributed by atoms with E-state index < -0.39 is 0 Å². The van der Waals surface area contributed by atoms with Crippen molar-refractivity contribution in [1.29, 1.82) is 5.26 Å². The van der Waals surface area contributed by atoms with Crippen LogP contribution < -0.4 is 0 Å². The quantitative estimate of drug-likeness (QED) is 0.746. The van der Waals surface area contributed by atoms with Crippen molar-refractivity contribution in [2.75, 3.05) is 0 Å². The van der Waals surface area contributed by atoms with Crippen LogP contribution in [-0.4, -0.2) is 9.55 Å². The van der Waals surface area contributed by atoms with Crippen molar-refractivity contribution >= 4 is 11.0 Å². The molecule has 0 atom stereocenters. The summed E-state index contributed by atoms with van der Waals surface area (Å²) in [5.74, 6) is 0. The van der Waals surface area contributed by atoms with Crippen molar-refractivity contribution in [3.05, 3.63) is 30.1 Å². The molecule has 1 aliphatic rings. The molecule has 3 nitrogen and oxygen atoms in total. The standard InChI is InChI=1S/C14H15N3/c15-9-11-6-7-14-13(8-11)16-10-17(14)12-4-2-1-3-5-12/h6-8,10,12H,1-5H2. The molecule has 3 rings (SSSR count). The van der Waals surface area contributed by atoms with Gasteiger partial charge in [-0.25, -0.2) is 4.98 Å². The van der Waals surface area contributed by atoms with E-state index in [1.807, 2.05) is 24.5 Å². The van der Waals surface area contributed by atoms with Gasteiger partial charge in [0.2, 0.25) is 0 Å². The van der Waals surface area contributed by atoms with Gasteiger partial charge in [0, 0.05) is 6.04 Å². The first-order chi connectivity index (χ1) is 8.38. The Balaban J connectivity index is 2.03. The Hall–Kier alpha value is -1.82. The van der Waals surface area contributed by atoms with Gasteiger partial charge < -0.3 is 4.57 Å². The van der Waals surface area contributed by atoms with Crippen molar-refractivity contribution in [3.63, 3.8) is 0 Å². The Morgan fingerprint density at radius 3 is 2.82 bits per heavy atom. The van der Waals surface area contributed by atoms with Crippen molar-refractivity contribution < 1.29 is 0 Å². The normalized spacial score (nSPS) is 17.1. The fraction of sp³-hybridized carbons (Fsp3) is 0.429. The molecule has 86 valence electrons. The van der Waals surface area contributed by atoms with Crippen LogP contribution in [0.15, 0.2) is 24.5 Å². The van der Waals surface area contributed by atoms with Crippen LogP contribution in [0.1, 0.15) is 43.7 Å². The number of fused-ring (bicyclic) bond motifs is 1. The van der Waals surface area contributed by atoms with Gasteiger partial charge in [0.15, 0.2) is 0 Å². The molecule has 0 saturated heterocycles. The lowest BCUT2D eigenvalue weighted by molar-refractivity contribution is 0.359. The molecule has 0 N–H and O–H groups in total. The summed E-state index contributed by atoms with van der Waals surface area (Å²) >= 11 is 0. The molecule has 1 heterocycles. The van der Waals surface area contributed by atoms with Crippen LogP contribution in [0.4, 0.5) is 0 Å². The first-order valence-corrected chi connectivity index (χ1v) is 6.25. The Bertz CT molecular complexity index is 571. The van der Waals surface area contributed by atoms with Crippen molar-refractivity contribution in [2.45, 2.75) is 38.1 Å². The zero-order valence-electron chi connectivity index (χ0n) is 9.76. The van der Waals surface area contributed by atoms with Gasteiger partial charge in [0.1, 0.15) is 0 Å². The topological polar surface area (TPSA) is 41.6 Å². The lowest BCUT2D eigenvalue weighted by atomic mass is 9.95. The van der Waals surface area contributed by atoms with E-state index in [4.69, 9.17) is 5.26 Å². The van der Waals surface area contributed by atoms with E-state index in [-0.39, 0.29) is 0 Å². The van der Waals surface area contributed by atoms with Gasteiger partial charge in [-0.05, 0) is 31.0 Å². The third-order valence-corrected chi connectivity index (χ3v) is 3.67. The number of aromatic nitrogens is 2. The maximum atomic E-state index is 8.87. The highest BCUT2D eigenvalue weighted by Gasteiger charge is 2.17. The Kier molecular flexibility index (Phi) is 2.56. The minimum Gasteiger partial charge on any atom is -0.327 e. The molecule has 0 unspecified atom stereocenters. The van der Waals surface area contributed by atoms with Crippen LogP contribution in [0.5, 0.6) is 0 Å². The summed E-state index contributed by atoms with van der Waals surface area (Å²) in [7, 11) is 0. The molecule has 0 bridgehead atoms. The summed E-state index contributed by atoms with van der Waals surface area (Å²) in [5, 5.41) is 8.87. The van der Waals surface area contributed by atoms with Crippen molar-refractivity contribution in [3.8, 4) is 6.07 Å². The minimum atomic E-state index is 0.599. The molecule has 0 amide bonds. The molecular formula is C14H15N3. The summed E-state index contributed by atoms with van der Waals surface area (Å²) < 4.78 is 2.29. The first-order valence-electron chi connectivity index (χ1n) is 6.25. The highest BCUT2D eigenvalue weighted by atomic mass is 15.1. The number of hydrogen-bond acceptors (Lipinski definition) is 2. The highest BCUT2D eigenvalue weighted by molar-refractivity contribution is 5.77. The lowest BCUT2D eigenvalue weighted by Crippen LogP contribution is -2.11. The van der Waals surface area contributed by atoms with Crippen LogP contribution >= 0.6 is 0 Å². The molecule has 1 saturated carbocycles. The van der Waals surface area contributed by atoms with Crippen molar-refractivity contribution in [2.24, 2.45) is 0 Å². The summed E-state index contributed by atoms with van der Waals surface area (Å²) in [6, 6.07) is 8.53. The molecule has 0 aliphatic heterocycles. The first kappa shape index (κ1) is 10.3. The Morgan fingerprint density at radius 2 is 2.06 bits per heavy atom. The maximum Gasteiger partial charge on any atom is 0.0992 e. The molecule has 1 aromatic carbocycles. The number of nitriles is 1. The smallest absolute Gasteiger partial charge is 0.0992 e. The number of imidazole rings is 1. The van der Waals surface area contributed by atoms with E-state index in [2.05, 4.69) is 15.6 Å². The average molecular weight is 225 g/mol. The molecule has 0 spiro atoms. The van der Waals surface area contributed by atoms with Crippen LogP contribution in [0.3, 0.4) is 0 Å². The fourth-order valence-electron chi connectivity index (χ4n) is 2.75. The Morgan fingerprint density at radius 1 is 1.24 bits per heavy atom. The summed E-state index contributed by atoms with van der Waals surface area (Å²) in [6.45, 7) is 0. The van der Waals surface area contributed by atoms with E-state index in [1.54, 1.807) is 0 Å².